The number of amides is 1. The molecule has 150 valence electrons. The molecule has 2 aromatic rings. The van der Waals surface area contributed by atoms with E-state index >= 15 is 0 Å². The number of likely N-dealkylation sites (tertiary alicyclic amines) is 1. The number of aliphatic imine (C=N–C) groups is 1. The number of hydrogen-bond donors (Lipinski definition) is 4. The maximum absolute atomic E-state index is 13.4. The molecule has 5 N–H and O–H groups in total. The van der Waals surface area contributed by atoms with Gasteiger partial charge in [-0.15, -0.1) is 0 Å². The van der Waals surface area contributed by atoms with Crippen molar-refractivity contribution in [3.63, 3.8) is 0 Å². The van der Waals surface area contributed by atoms with Crippen molar-refractivity contribution in [1.82, 2.24) is 9.88 Å². The van der Waals surface area contributed by atoms with E-state index in [9.17, 15) is 9.18 Å². The third kappa shape index (κ3) is 4.95. The fourth-order valence-electron chi connectivity index (χ4n) is 3.29. The van der Waals surface area contributed by atoms with Crippen LogP contribution in [0.2, 0.25) is 5.02 Å². The van der Waals surface area contributed by atoms with Crippen LogP contribution in [0.25, 0.3) is 0 Å². The Kier molecular flexibility index (Phi) is 6.41. The van der Waals surface area contributed by atoms with Gasteiger partial charge >= 0.3 is 0 Å². The van der Waals surface area contributed by atoms with Crippen molar-refractivity contribution in [2.75, 3.05) is 37.3 Å². The van der Waals surface area contributed by atoms with Crippen LogP contribution >= 0.6 is 11.6 Å². The Bertz CT molecular complexity index is 848. The van der Waals surface area contributed by atoms with Crippen LogP contribution in [0.5, 0.6) is 0 Å². The number of amidine groups is 1. The lowest BCUT2D eigenvalue weighted by atomic mass is 10.1. The number of aromatic nitrogens is 1. The van der Waals surface area contributed by atoms with E-state index in [2.05, 4.69) is 20.6 Å². The molecule has 0 radical (unpaired) electrons. The van der Waals surface area contributed by atoms with E-state index in [4.69, 9.17) is 17.3 Å². The van der Waals surface area contributed by atoms with Gasteiger partial charge in [-0.3, -0.25) is 9.79 Å². The number of anilines is 2. The Balaban J connectivity index is 1.59. The van der Waals surface area contributed by atoms with Crippen LogP contribution in [0.1, 0.15) is 18.4 Å². The topological polar surface area (TPSA) is 98.5 Å². The second kappa shape index (κ2) is 8.97. The first-order chi connectivity index (χ1) is 13.5. The van der Waals surface area contributed by atoms with Gasteiger partial charge in [0.2, 0.25) is 5.91 Å². The standard InChI is InChI=1S/C19H24ClFN6O/c1-23-19-16(4-5-24-19)18(22)26-14-3-2-6-27(11-14)17(28)10-25-15-8-12(20)7-13(21)9-15/h4-5,7-9,14,23-25H,2-3,6,10-11H2,1H3,(H2,22,26)/t14-/m1/s1. The lowest BCUT2D eigenvalue weighted by molar-refractivity contribution is -0.130. The minimum Gasteiger partial charge on any atom is -0.383 e. The van der Waals surface area contributed by atoms with Gasteiger partial charge in [0.1, 0.15) is 17.5 Å². The quantitative estimate of drug-likeness (QED) is 0.438. The molecule has 0 spiro atoms. The highest BCUT2D eigenvalue weighted by molar-refractivity contribution is 6.30. The van der Waals surface area contributed by atoms with Gasteiger partial charge in [0.15, 0.2) is 0 Å². The molecule has 1 aromatic carbocycles. The van der Waals surface area contributed by atoms with E-state index in [1.807, 2.05) is 13.1 Å². The predicted octanol–water partition coefficient (Wildman–Crippen LogP) is 2.66. The summed E-state index contributed by atoms with van der Waals surface area (Å²) in [4.78, 5) is 22.0. The summed E-state index contributed by atoms with van der Waals surface area (Å²) < 4.78 is 13.4. The summed E-state index contributed by atoms with van der Waals surface area (Å²) in [7, 11) is 1.81. The van der Waals surface area contributed by atoms with Crippen LogP contribution in [0.15, 0.2) is 35.5 Å². The summed E-state index contributed by atoms with van der Waals surface area (Å²) in [6.07, 6.45) is 3.52. The Morgan fingerprint density at radius 2 is 2.29 bits per heavy atom. The molecule has 0 aliphatic carbocycles. The third-order valence-electron chi connectivity index (χ3n) is 4.65. The minimum atomic E-state index is -0.448. The van der Waals surface area contributed by atoms with Gasteiger partial charge in [-0.05, 0) is 37.1 Å². The molecule has 2 heterocycles. The second-order valence-corrected chi connectivity index (χ2v) is 7.11. The molecule has 1 fully saturated rings. The zero-order valence-electron chi connectivity index (χ0n) is 15.6. The maximum Gasteiger partial charge on any atom is 0.241 e. The minimum absolute atomic E-state index is 0.0547. The molecule has 1 aromatic heterocycles. The molecule has 1 atom stereocenters. The van der Waals surface area contributed by atoms with E-state index in [0.29, 0.717) is 24.6 Å². The number of rotatable bonds is 6. The molecule has 0 bridgehead atoms. The molecular formula is C19H24ClFN6O. The van der Waals surface area contributed by atoms with Crippen LogP contribution in [0, 0.1) is 5.82 Å². The maximum atomic E-state index is 13.4. The van der Waals surface area contributed by atoms with Crippen LogP contribution in [-0.2, 0) is 4.79 Å². The summed E-state index contributed by atoms with van der Waals surface area (Å²) in [5, 5.41) is 6.24. The molecule has 1 aliphatic heterocycles. The van der Waals surface area contributed by atoms with Crippen molar-refractivity contribution in [3.8, 4) is 0 Å². The Morgan fingerprint density at radius 1 is 1.46 bits per heavy atom. The molecular weight excluding hydrogens is 383 g/mol. The summed E-state index contributed by atoms with van der Waals surface area (Å²) in [5.74, 6) is 0.729. The number of piperidine rings is 1. The SMILES string of the molecule is CNc1[nH]ccc1C(N)=N[C@@H]1CCCN(C(=O)CNc2cc(F)cc(Cl)c2)C1. The van der Waals surface area contributed by atoms with Crippen LogP contribution in [-0.4, -0.2) is 54.4 Å². The van der Waals surface area contributed by atoms with Gasteiger partial charge in [0.05, 0.1) is 18.2 Å². The van der Waals surface area contributed by atoms with Crippen LogP contribution < -0.4 is 16.4 Å². The number of nitrogens with two attached hydrogens (primary N) is 1. The highest BCUT2D eigenvalue weighted by Gasteiger charge is 2.23. The summed E-state index contributed by atoms with van der Waals surface area (Å²) in [6, 6.07) is 5.92. The van der Waals surface area contributed by atoms with Gasteiger partial charge in [0.25, 0.3) is 0 Å². The normalized spacial score (nSPS) is 17.5. The summed E-state index contributed by atoms with van der Waals surface area (Å²) in [5.41, 5.74) is 7.45. The van der Waals surface area contributed by atoms with E-state index in [1.165, 1.54) is 12.1 Å². The molecule has 7 nitrogen and oxygen atoms in total. The monoisotopic (exact) mass is 406 g/mol. The fraction of sp³-hybridized carbons (Fsp3) is 0.368. The zero-order valence-corrected chi connectivity index (χ0v) is 16.4. The molecule has 28 heavy (non-hydrogen) atoms. The highest BCUT2D eigenvalue weighted by Crippen LogP contribution is 2.19. The lowest BCUT2D eigenvalue weighted by Gasteiger charge is -2.31. The first-order valence-electron chi connectivity index (χ1n) is 9.12. The number of H-pyrrole nitrogens is 1. The number of halogens is 2. The number of nitrogens with zero attached hydrogens (tertiary/aromatic N) is 2. The van der Waals surface area contributed by atoms with Crippen molar-refractivity contribution in [3.05, 3.63) is 46.9 Å². The molecule has 0 unspecified atom stereocenters. The van der Waals surface area contributed by atoms with Gasteiger partial charge in [0, 0.05) is 37.0 Å². The van der Waals surface area contributed by atoms with Crippen molar-refractivity contribution in [2.45, 2.75) is 18.9 Å². The van der Waals surface area contributed by atoms with E-state index in [1.54, 1.807) is 17.2 Å². The molecule has 3 rings (SSSR count). The van der Waals surface area contributed by atoms with Gasteiger partial charge in [-0.25, -0.2) is 4.39 Å². The van der Waals surface area contributed by atoms with Gasteiger partial charge < -0.3 is 26.3 Å². The largest absolute Gasteiger partial charge is 0.383 e. The van der Waals surface area contributed by atoms with E-state index in [-0.39, 0.29) is 23.5 Å². The van der Waals surface area contributed by atoms with Crippen LogP contribution in [0.4, 0.5) is 15.9 Å². The summed E-state index contributed by atoms with van der Waals surface area (Å²) in [6.45, 7) is 1.24. The first-order valence-corrected chi connectivity index (χ1v) is 9.50. The Labute approximate surface area is 168 Å². The molecule has 1 saturated heterocycles. The Morgan fingerprint density at radius 3 is 3.04 bits per heavy atom. The van der Waals surface area contributed by atoms with E-state index < -0.39 is 5.82 Å². The smallest absolute Gasteiger partial charge is 0.241 e. The van der Waals surface area contributed by atoms with Gasteiger partial charge in [-0.1, -0.05) is 11.6 Å². The number of benzene rings is 1. The molecule has 1 aliphatic rings. The first kappa shape index (κ1) is 20.0. The van der Waals surface area contributed by atoms with E-state index in [0.717, 1.165) is 24.2 Å². The number of hydrogen-bond acceptors (Lipinski definition) is 4. The van der Waals surface area contributed by atoms with Crippen LogP contribution in [0.3, 0.4) is 0 Å². The second-order valence-electron chi connectivity index (χ2n) is 6.68. The number of aromatic amines is 1. The predicted molar refractivity (Wildman–Crippen MR) is 111 cm³/mol. The lowest BCUT2D eigenvalue weighted by Crippen LogP contribution is -2.44. The number of carbonyl (C=O) groups is 1. The summed E-state index contributed by atoms with van der Waals surface area (Å²) >= 11 is 5.84. The number of nitrogens with one attached hydrogen (secondary N) is 3. The van der Waals surface area contributed by atoms with Crippen molar-refractivity contribution >= 4 is 34.8 Å². The zero-order chi connectivity index (χ0) is 20.1. The molecule has 9 heteroatoms. The molecule has 0 saturated carbocycles. The fourth-order valence-corrected chi connectivity index (χ4v) is 3.51. The Hall–Kier alpha value is -2.74. The highest BCUT2D eigenvalue weighted by atomic mass is 35.5. The van der Waals surface area contributed by atoms with Crippen molar-refractivity contribution in [2.24, 2.45) is 10.7 Å². The third-order valence-corrected chi connectivity index (χ3v) is 4.87. The average Bonchev–Trinajstić information content (AvgIpc) is 3.14. The average molecular weight is 407 g/mol. The van der Waals surface area contributed by atoms with Crippen molar-refractivity contribution < 1.29 is 9.18 Å². The molecule has 1 amide bonds. The van der Waals surface area contributed by atoms with Gasteiger partial charge in [-0.2, -0.15) is 0 Å². The van der Waals surface area contributed by atoms with Crippen molar-refractivity contribution in [1.29, 1.82) is 0 Å². The number of carbonyl (C=O) groups excluding carboxylic acids is 1.